The highest BCUT2D eigenvalue weighted by atomic mass is 127. The number of carbonyl (C=O) groups excluding carboxylic acids is 2. The third kappa shape index (κ3) is 5.67. The van der Waals surface area contributed by atoms with Crippen molar-refractivity contribution < 1.29 is 19.1 Å². The average Bonchev–Trinajstić information content (AvgIpc) is 2.88. The molecule has 0 unspecified atom stereocenters. The molecule has 0 saturated carbocycles. The maximum absolute atomic E-state index is 13.0. The summed E-state index contributed by atoms with van der Waals surface area (Å²) in [5.74, 6) is -0.566. The Labute approximate surface area is 215 Å². The molecule has 172 valence electrons. The van der Waals surface area contributed by atoms with E-state index in [1.807, 2.05) is 48.5 Å². The summed E-state index contributed by atoms with van der Waals surface area (Å²) in [5, 5.41) is 14.0. The van der Waals surface area contributed by atoms with E-state index in [-0.39, 0.29) is 11.3 Å². The van der Waals surface area contributed by atoms with E-state index >= 15 is 0 Å². The summed E-state index contributed by atoms with van der Waals surface area (Å²) in [7, 11) is 1.47. The number of nitriles is 1. The van der Waals surface area contributed by atoms with Crippen molar-refractivity contribution in [2.75, 3.05) is 12.4 Å². The molecule has 4 rings (SSSR count). The van der Waals surface area contributed by atoms with Crippen molar-refractivity contribution >= 4 is 57.0 Å². The zero-order valence-corrected chi connectivity index (χ0v) is 20.8. The number of rotatable bonds is 6. The standard InChI is InChI=1S/C28H19IN2O4/c1-34-25-14-9-18(15-20(17-30)27(32)31-22-12-10-21(29)11-13-22)16-26(25)35-28(33)24-8-4-6-19-5-2-3-7-23(19)24/h2-16H,1H3,(H,31,32)/b20-15+. The predicted octanol–water partition coefficient (Wildman–Crippen LogP) is 6.22. The number of ether oxygens (including phenoxy) is 2. The van der Waals surface area contributed by atoms with Gasteiger partial charge >= 0.3 is 5.97 Å². The van der Waals surface area contributed by atoms with Crippen molar-refractivity contribution in [1.82, 2.24) is 0 Å². The quantitative estimate of drug-likeness (QED) is 0.0972. The summed E-state index contributed by atoms with van der Waals surface area (Å²) in [4.78, 5) is 25.6. The molecule has 0 fully saturated rings. The maximum atomic E-state index is 13.0. The molecule has 6 nitrogen and oxygen atoms in total. The van der Waals surface area contributed by atoms with Crippen LogP contribution >= 0.6 is 22.6 Å². The van der Waals surface area contributed by atoms with Gasteiger partial charge in [-0.2, -0.15) is 5.26 Å². The van der Waals surface area contributed by atoms with Crippen LogP contribution in [0.4, 0.5) is 5.69 Å². The lowest BCUT2D eigenvalue weighted by molar-refractivity contribution is -0.112. The Morgan fingerprint density at radius 2 is 1.69 bits per heavy atom. The van der Waals surface area contributed by atoms with Gasteiger partial charge in [0, 0.05) is 9.26 Å². The fourth-order valence-electron chi connectivity index (χ4n) is 3.47. The van der Waals surface area contributed by atoms with Crippen LogP contribution in [-0.2, 0) is 4.79 Å². The number of hydrogen-bond donors (Lipinski definition) is 1. The van der Waals surface area contributed by atoms with Gasteiger partial charge in [0.1, 0.15) is 11.6 Å². The monoisotopic (exact) mass is 574 g/mol. The van der Waals surface area contributed by atoms with Crippen LogP contribution in [0.5, 0.6) is 11.5 Å². The van der Waals surface area contributed by atoms with E-state index in [1.165, 1.54) is 13.2 Å². The minimum Gasteiger partial charge on any atom is -0.493 e. The zero-order valence-electron chi connectivity index (χ0n) is 18.6. The molecule has 7 heteroatoms. The topological polar surface area (TPSA) is 88.4 Å². The van der Waals surface area contributed by atoms with Crippen LogP contribution in [0.3, 0.4) is 0 Å². The average molecular weight is 574 g/mol. The molecule has 1 amide bonds. The number of benzene rings is 4. The Hall–Kier alpha value is -4.16. The van der Waals surface area contributed by atoms with Crippen LogP contribution in [-0.4, -0.2) is 19.0 Å². The molecule has 4 aromatic rings. The molecule has 0 aliphatic rings. The SMILES string of the molecule is COc1ccc(/C=C(\C#N)C(=O)Nc2ccc(I)cc2)cc1OC(=O)c1cccc2ccccc12. The van der Waals surface area contributed by atoms with E-state index in [4.69, 9.17) is 9.47 Å². The van der Waals surface area contributed by atoms with Crippen molar-refractivity contribution in [2.45, 2.75) is 0 Å². The largest absolute Gasteiger partial charge is 0.493 e. The van der Waals surface area contributed by atoms with E-state index in [9.17, 15) is 14.9 Å². The van der Waals surface area contributed by atoms with Crippen LogP contribution in [0, 0.1) is 14.9 Å². The highest BCUT2D eigenvalue weighted by Crippen LogP contribution is 2.31. The van der Waals surface area contributed by atoms with Gasteiger partial charge in [0.15, 0.2) is 11.5 Å². The van der Waals surface area contributed by atoms with Gasteiger partial charge < -0.3 is 14.8 Å². The molecule has 0 saturated heterocycles. The lowest BCUT2D eigenvalue weighted by Crippen LogP contribution is -2.13. The first-order chi connectivity index (χ1) is 17.0. The number of esters is 1. The molecule has 4 aromatic carbocycles. The van der Waals surface area contributed by atoms with E-state index < -0.39 is 11.9 Å². The van der Waals surface area contributed by atoms with Crippen molar-refractivity contribution in [3.63, 3.8) is 0 Å². The number of halogens is 1. The molecule has 0 aliphatic heterocycles. The fraction of sp³-hybridized carbons (Fsp3) is 0.0357. The maximum Gasteiger partial charge on any atom is 0.344 e. The van der Waals surface area contributed by atoms with Gasteiger partial charge in [-0.05, 0) is 87.5 Å². The minimum atomic E-state index is -0.543. The van der Waals surface area contributed by atoms with Gasteiger partial charge in [0.2, 0.25) is 0 Å². The molecular weight excluding hydrogens is 555 g/mol. The number of nitrogens with zero attached hydrogens (tertiary/aromatic N) is 1. The Balaban J connectivity index is 1.60. The third-order valence-corrected chi connectivity index (χ3v) is 5.90. The Morgan fingerprint density at radius 1 is 0.943 bits per heavy atom. The number of anilines is 1. The summed E-state index contributed by atoms with van der Waals surface area (Å²) in [6.07, 6.45) is 1.43. The van der Waals surface area contributed by atoms with Crippen LogP contribution in [0.15, 0.2) is 90.5 Å². The lowest BCUT2D eigenvalue weighted by atomic mass is 10.0. The zero-order chi connectivity index (χ0) is 24.8. The first-order valence-corrected chi connectivity index (χ1v) is 11.6. The molecular formula is C28H19IN2O4. The van der Waals surface area contributed by atoms with Crippen LogP contribution in [0.25, 0.3) is 16.8 Å². The molecule has 0 spiro atoms. The van der Waals surface area contributed by atoms with Crippen molar-refractivity contribution in [3.05, 3.63) is 105 Å². The smallest absolute Gasteiger partial charge is 0.344 e. The molecule has 0 aromatic heterocycles. The summed E-state index contributed by atoms with van der Waals surface area (Å²) < 4.78 is 12.1. The van der Waals surface area contributed by atoms with E-state index in [2.05, 4.69) is 27.9 Å². The highest BCUT2D eigenvalue weighted by molar-refractivity contribution is 14.1. The van der Waals surface area contributed by atoms with Crippen LogP contribution < -0.4 is 14.8 Å². The number of hydrogen-bond acceptors (Lipinski definition) is 5. The lowest BCUT2D eigenvalue weighted by Gasteiger charge is -2.11. The first kappa shape index (κ1) is 24.0. The third-order valence-electron chi connectivity index (χ3n) is 5.18. The van der Waals surface area contributed by atoms with Gasteiger partial charge in [0.25, 0.3) is 5.91 Å². The molecule has 1 N–H and O–H groups in total. The van der Waals surface area contributed by atoms with Crippen LogP contribution in [0.1, 0.15) is 15.9 Å². The number of methoxy groups -OCH3 is 1. The minimum absolute atomic E-state index is 0.0972. The first-order valence-electron chi connectivity index (χ1n) is 10.5. The normalized spacial score (nSPS) is 10.9. The fourth-order valence-corrected chi connectivity index (χ4v) is 3.83. The molecule has 0 bridgehead atoms. The molecule has 0 aliphatic carbocycles. The Morgan fingerprint density at radius 3 is 2.43 bits per heavy atom. The van der Waals surface area contributed by atoms with E-state index in [0.29, 0.717) is 22.6 Å². The Bertz CT molecular complexity index is 1480. The predicted molar refractivity (Wildman–Crippen MR) is 143 cm³/mol. The summed E-state index contributed by atoms with van der Waals surface area (Å²) in [6, 6.07) is 26.9. The summed E-state index contributed by atoms with van der Waals surface area (Å²) in [5.41, 5.74) is 1.40. The summed E-state index contributed by atoms with van der Waals surface area (Å²) >= 11 is 2.17. The van der Waals surface area contributed by atoms with E-state index in [0.717, 1.165) is 14.3 Å². The second kappa shape index (κ2) is 10.8. The number of fused-ring (bicyclic) bond motifs is 1. The van der Waals surface area contributed by atoms with Gasteiger partial charge in [-0.15, -0.1) is 0 Å². The van der Waals surface area contributed by atoms with Crippen LogP contribution in [0.2, 0.25) is 0 Å². The van der Waals surface area contributed by atoms with Gasteiger partial charge in [-0.25, -0.2) is 4.79 Å². The number of nitrogens with one attached hydrogen (secondary N) is 1. The molecule has 0 heterocycles. The highest BCUT2D eigenvalue weighted by Gasteiger charge is 2.16. The van der Waals surface area contributed by atoms with E-state index in [1.54, 1.807) is 42.5 Å². The van der Waals surface area contributed by atoms with Crippen molar-refractivity contribution in [1.29, 1.82) is 5.26 Å². The van der Waals surface area contributed by atoms with Gasteiger partial charge in [-0.3, -0.25) is 4.79 Å². The van der Waals surface area contributed by atoms with Crippen molar-refractivity contribution in [2.24, 2.45) is 0 Å². The Kier molecular flexibility index (Phi) is 7.43. The number of amides is 1. The van der Waals surface area contributed by atoms with Gasteiger partial charge in [-0.1, -0.05) is 42.5 Å². The molecule has 0 atom stereocenters. The van der Waals surface area contributed by atoms with Crippen molar-refractivity contribution in [3.8, 4) is 17.6 Å². The number of carbonyl (C=O) groups is 2. The molecule has 35 heavy (non-hydrogen) atoms. The second-order valence-electron chi connectivity index (χ2n) is 7.46. The second-order valence-corrected chi connectivity index (χ2v) is 8.70. The summed E-state index contributed by atoms with van der Waals surface area (Å²) in [6.45, 7) is 0. The molecule has 0 radical (unpaired) electrons. The van der Waals surface area contributed by atoms with Gasteiger partial charge in [0.05, 0.1) is 12.7 Å².